The van der Waals surface area contributed by atoms with Gasteiger partial charge < -0.3 is 34.9 Å². The lowest BCUT2D eigenvalue weighted by Crippen LogP contribution is -2.59. The fourth-order valence-corrected chi connectivity index (χ4v) is 8.94. The van der Waals surface area contributed by atoms with Gasteiger partial charge in [0.25, 0.3) is 5.91 Å². The van der Waals surface area contributed by atoms with E-state index < -0.39 is 105 Å². The van der Waals surface area contributed by atoms with Crippen molar-refractivity contribution in [1.29, 1.82) is 0 Å². The zero-order chi connectivity index (χ0) is 41.5. The number of carbonyl (C=O) groups is 4. The summed E-state index contributed by atoms with van der Waals surface area (Å²) < 4.78 is 87.3. The SMILES string of the molecule is CCOc1ccc2nc(C(F)(F)F)c(O[C@@H]3C[C@H]4C(=O)N[C@]5(C(=O)NS(=O)(=O)C6(C)CC6)C[C@H]5C=CCC[C@@H](C)C[C@@H](COC)[C@H](NC(=O)O)C(=O)N4C3)nc2c1. The van der Waals surface area contributed by atoms with Gasteiger partial charge in [0.05, 0.1) is 35.5 Å². The molecule has 20 heteroatoms. The lowest BCUT2D eigenvalue weighted by molar-refractivity contribution is -0.143. The molecule has 1 aromatic carbocycles. The number of hydrogen-bond donors (Lipinski definition) is 4. The molecular weight excluding hydrogens is 777 g/mol. The summed E-state index contributed by atoms with van der Waals surface area (Å²) in [4.78, 5) is 63.8. The van der Waals surface area contributed by atoms with Crippen LogP contribution in [0.25, 0.3) is 11.0 Å². The predicted molar refractivity (Wildman–Crippen MR) is 196 cm³/mol. The van der Waals surface area contributed by atoms with Crippen molar-refractivity contribution in [3.63, 3.8) is 0 Å². The molecule has 0 unspecified atom stereocenters. The first-order valence-corrected chi connectivity index (χ1v) is 20.3. The van der Waals surface area contributed by atoms with Crippen LogP contribution in [0.1, 0.15) is 71.4 Å². The van der Waals surface area contributed by atoms with Gasteiger partial charge in [-0.2, -0.15) is 13.2 Å². The summed E-state index contributed by atoms with van der Waals surface area (Å²) in [6.45, 7) is 4.88. The number of carboxylic acid groups (broad SMARTS) is 1. The molecule has 4 N–H and O–H groups in total. The zero-order valence-corrected chi connectivity index (χ0v) is 32.7. The molecule has 2 aliphatic carbocycles. The maximum Gasteiger partial charge on any atom is 0.438 e. The smallest absolute Gasteiger partial charge is 0.438 e. The van der Waals surface area contributed by atoms with Gasteiger partial charge in [-0.05, 0) is 70.4 Å². The van der Waals surface area contributed by atoms with Crippen molar-refractivity contribution >= 4 is 44.9 Å². The highest BCUT2D eigenvalue weighted by Crippen LogP contribution is 2.48. The third kappa shape index (κ3) is 8.90. The maximum absolute atomic E-state index is 14.6. The van der Waals surface area contributed by atoms with Crippen molar-refractivity contribution in [2.45, 2.75) is 100 Å². The maximum atomic E-state index is 14.6. The number of nitrogens with zero attached hydrogens (tertiary/aromatic N) is 3. The number of fused-ring (bicyclic) bond motifs is 3. The Kier molecular flexibility index (Phi) is 11.7. The van der Waals surface area contributed by atoms with Crippen molar-refractivity contribution in [2.75, 3.05) is 26.9 Å². The molecule has 0 bridgehead atoms. The van der Waals surface area contributed by atoms with Gasteiger partial charge in [-0.1, -0.05) is 19.1 Å². The highest BCUT2D eigenvalue weighted by atomic mass is 32.2. The number of benzene rings is 1. The number of carbonyl (C=O) groups excluding carboxylic acids is 3. The number of ether oxygens (including phenoxy) is 3. The topological polar surface area (TPSA) is 215 Å². The van der Waals surface area contributed by atoms with Crippen LogP contribution < -0.4 is 24.8 Å². The second-order valence-corrected chi connectivity index (χ2v) is 17.8. The number of nitrogens with one attached hydrogen (secondary N) is 3. The fraction of sp³-hybridized carbons (Fsp3) is 0.622. The molecule has 2 saturated carbocycles. The van der Waals surface area contributed by atoms with Gasteiger partial charge in [-0.15, -0.1) is 0 Å². The summed E-state index contributed by atoms with van der Waals surface area (Å²) in [5, 5.41) is 14.8. The Morgan fingerprint density at radius 1 is 1.14 bits per heavy atom. The average Bonchev–Trinajstić information content (AvgIpc) is 4.01. The minimum Gasteiger partial charge on any atom is -0.494 e. The first-order chi connectivity index (χ1) is 26.8. The molecule has 2 aliphatic heterocycles. The molecule has 1 aromatic heterocycles. The van der Waals surface area contributed by atoms with Crippen molar-refractivity contribution in [3.05, 3.63) is 36.0 Å². The third-order valence-electron chi connectivity index (χ3n) is 11.2. The minimum absolute atomic E-state index is 0.0173. The van der Waals surface area contributed by atoms with Gasteiger partial charge in [0.1, 0.15) is 29.5 Å². The van der Waals surface area contributed by atoms with Gasteiger partial charge >= 0.3 is 12.3 Å². The Bertz CT molecular complexity index is 2050. The molecular formula is C37H47F3N6O10S. The van der Waals surface area contributed by atoms with E-state index in [-0.39, 0.29) is 36.6 Å². The van der Waals surface area contributed by atoms with Crippen LogP contribution in [0, 0.1) is 17.8 Å². The number of allylic oxidation sites excluding steroid dienone is 1. The molecule has 3 heterocycles. The highest BCUT2D eigenvalue weighted by Gasteiger charge is 2.63. The number of hydrogen-bond acceptors (Lipinski definition) is 11. The molecule has 16 nitrogen and oxygen atoms in total. The van der Waals surface area contributed by atoms with Crippen molar-refractivity contribution in [1.82, 2.24) is 30.2 Å². The molecule has 6 rings (SSSR count). The van der Waals surface area contributed by atoms with Gasteiger partial charge in [0.2, 0.25) is 33.4 Å². The lowest BCUT2D eigenvalue weighted by atomic mass is 9.87. The molecule has 0 radical (unpaired) electrons. The van der Waals surface area contributed by atoms with E-state index in [0.29, 0.717) is 37.9 Å². The number of alkyl halides is 3. The van der Waals surface area contributed by atoms with Crippen LogP contribution in [-0.2, 0) is 35.3 Å². The molecule has 4 amide bonds. The van der Waals surface area contributed by atoms with E-state index in [0.717, 1.165) is 4.90 Å². The van der Waals surface area contributed by atoms with Crippen LogP contribution >= 0.6 is 0 Å². The van der Waals surface area contributed by atoms with Gasteiger partial charge in [0, 0.05) is 31.4 Å². The summed E-state index contributed by atoms with van der Waals surface area (Å²) in [6.07, 6.45) is -2.56. The number of methoxy groups -OCH3 is 1. The number of halogens is 3. The Morgan fingerprint density at radius 2 is 1.88 bits per heavy atom. The molecule has 2 aromatic rings. The first kappa shape index (κ1) is 41.9. The number of aromatic nitrogens is 2. The number of rotatable bonds is 10. The second kappa shape index (κ2) is 15.9. The van der Waals surface area contributed by atoms with E-state index in [4.69, 9.17) is 14.2 Å². The fourth-order valence-electron chi connectivity index (χ4n) is 7.62. The highest BCUT2D eigenvalue weighted by molar-refractivity contribution is 7.91. The zero-order valence-electron chi connectivity index (χ0n) is 31.9. The van der Waals surface area contributed by atoms with E-state index in [2.05, 4.69) is 25.3 Å². The monoisotopic (exact) mass is 824 g/mol. The average molecular weight is 825 g/mol. The second-order valence-electron chi connectivity index (χ2n) is 15.6. The van der Waals surface area contributed by atoms with Crippen LogP contribution in [0.4, 0.5) is 18.0 Å². The van der Waals surface area contributed by atoms with Crippen molar-refractivity contribution < 1.29 is 60.1 Å². The van der Waals surface area contributed by atoms with Crippen LogP contribution in [0.3, 0.4) is 0 Å². The molecule has 57 heavy (non-hydrogen) atoms. The van der Waals surface area contributed by atoms with Crippen LogP contribution in [-0.4, -0.2) is 108 Å². The summed E-state index contributed by atoms with van der Waals surface area (Å²) >= 11 is 0. The van der Waals surface area contributed by atoms with Crippen LogP contribution in [0.2, 0.25) is 0 Å². The quantitative estimate of drug-likeness (QED) is 0.253. The molecule has 0 spiro atoms. The molecule has 4 aliphatic rings. The number of sulfonamides is 1. The standard InChI is InChI=1S/C37H47F3N6O10S/c1-5-55-23-10-11-25-26(15-23)42-31(29(41-25)37(38,39)40)56-24-16-27-30(47)44-36(33(49)45-57(52,53)35(3)12-13-35)17-22(36)9-7-6-8-20(2)14-21(19-54-4)28(43-34(50)51)32(48)46(27)18-24/h7,9-11,15,20-22,24,27-28,43H,5-6,8,12-14,16-19H2,1-4H3,(H,44,47)(H,45,49)(H,50,51)/t20-,21+,22-,24-,27+,28+,36-/m1/s1. The normalized spacial score (nSPS) is 28.9. The van der Waals surface area contributed by atoms with Crippen molar-refractivity contribution in [3.8, 4) is 11.6 Å². The Labute approximate surface area is 327 Å². The van der Waals surface area contributed by atoms with Crippen molar-refractivity contribution in [2.24, 2.45) is 17.8 Å². The van der Waals surface area contributed by atoms with E-state index in [9.17, 15) is 45.9 Å². The molecule has 3 fully saturated rings. The molecule has 1 saturated heterocycles. The molecule has 312 valence electrons. The lowest BCUT2D eigenvalue weighted by Gasteiger charge is -2.33. The van der Waals surface area contributed by atoms with Gasteiger partial charge in [-0.3, -0.25) is 19.1 Å². The summed E-state index contributed by atoms with van der Waals surface area (Å²) in [7, 11) is -2.73. The first-order valence-electron chi connectivity index (χ1n) is 18.8. The minimum atomic E-state index is -5.03. The van der Waals surface area contributed by atoms with Gasteiger partial charge in [-0.25, -0.2) is 23.2 Å². The van der Waals surface area contributed by atoms with E-state index in [1.165, 1.54) is 32.2 Å². The molecule has 7 atom stereocenters. The van der Waals surface area contributed by atoms with E-state index in [1.54, 1.807) is 13.0 Å². The Morgan fingerprint density at radius 3 is 2.53 bits per heavy atom. The largest absolute Gasteiger partial charge is 0.494 e. The van der Waals surface area contributed by atoms with E-state index in [1.807, 2.05) is 13.0 Å². The van der Waals surface area contributed by atoms with Crippen LogP contribution in [0.15, 0.2) is 30.4 Å². The summed E-state index contributed by atoms with van der Waals surface area (Å²) in [6, 6.07) is 1.19. The Balaban J connectivity index is 1.39. The Hall–Kier alpha value is -4.72. The summed E-state index contributed by atoms with van der Waals surface area (Å²) in [5.74, 6) is -4.76. The summed E-state index contributed by atoms with van der Waals surface area (Å²) in [5.41, 5.74) is -3.26. The van der Waals surface area contributed by atoms with Gasteiger partial charge in [0.15, 0.2) is 0 Å². The van der Waals surface area contributed by atoms with Crippen LogP contribution in [0.5, 0.6) is 11.6 Å². The van der Waals surface area contributed by atoms with E-state index >= 15 is 0 Å². The third-order valence-corrected chi connectivity index (χ3v) is 13.4. The number of amides is 4. The predicted octanol–water partition coefficient (Wildman–Crippen LogP) is 3.54.